The minimum absolute atomic E-state index is 0.316. The molecule has 3 rings (SSSR count). The fourth-order valence-electron chi connectivity index (χ4n) is 3.52. The summed E-state index contributed by atoms with van der Waals surface area (Å²) in [5.74, 6) is 0.503. The first-order chi connectivity index (χ1) is 14.4. The van der Waals surface area contributed by atoms with Crippen molar-refractivity contribution in [3.05, 3.63) is 47.2 Å². The Morgan fingerprint density at radius 3 is 2.47 bits per heavy atom. The van der Waals surface area contributed by atoms with Crippen molar-refractivity contribution >= 4 is 23.2 Å². The van der Waals surface area contributed by atoms with Gasteiger partial charge in [-0.3, -0.25) is 4.84 Å². The number of hydrogen-bond acceptors (Lipinski definition) is 5. The molecule has 1 saturated heterocycles. The second-order valence-corrected chi connectivity index (χ2v) is 7.63. The summed E-state index contributed by atoms with van der Waals surface area (Å²) in [6.07, 6.45) is 5.98. The van der Waals surface area contributed by atoms with Crippen LogP contribution in [0.15, 0.2) is 36.1 Å². The van der Waals surface area contributed by atoms with Crippen molar-refractivity contribution in [2.75, 3.05) is 47.4 Å². The summed E-state index contributed by atoms with van der Waals surface area (Å²) >= 11 is 0. The molecule has 0 aromatic heterocycles. The van der Waals surface area contributed by atoms with Crippen LogP contribution in [-0.4, -0.2) is 73.8 Å². The van der Waals surface area contributed by atoms with E-state index in [2.05, 4.69) is 37.9 Å². The fourth-order valence-corrected chi connectivity index (χ4v) is 3.52. The van der Waals surface area contributed by atoms with Crippen molar-refractivity contribution in [1.82, 2.24) is 9.80 Å². The van der Waals surface area contributed by atoms with E-state index in [0.717, 1.165) is 35.7 Å². The molecule has 1 aliphatic heterocycles. The average molecular weight is 417 g/mol. The molecular weight excluding hydrogens is 384 g/mol. The molecule has 0 unspecified atom stereocenters. The Morgan fingerprint density at radius 1 is 1.10 bits per heavy atom. The Kier molecular flexibility index (Phi) is 7.25. The summed E-state index contributed by atoms with van der Waals surface area (Å²) < 4.78 is 7.41. The lowest BCUT2D eigenvalue weighted by Crippen LogP contribution is -2.76. The van der Waals surface area contributed by atoms with Crippen molar-refractivity contribution in [1.29, 1.82) is 0 Å². The van der Waals surface area contributed by atoms with Gasteiger partial charge in [0.15, 0.2) is 0 Å². The highest BCUT2D eigenvalue weighted by Crippen LogP contribution is 2.27. The number of allylic oxidation sites excluding steroid dienone is 3. The molecule has 1 fully saturated rings. The van der Waals surface area contributed by atoms with Crippen LogP contribution in [0.1, 0.15) is 17.5 Å². The highest BCUT2D eigenvalue weighted by molar-refractivity contribution is 5.95. The van der Waals surface area contributed by atoms with Crippen LogP contribution in [0.5, 0.6) is 0 Å². The first kappa shape index (κ1) is 22.0. The molecule has 1 heterocycles. The van der Waals surface area contributed by atoms with Crippen LogP contribution in [0.2, 0.25) is 0 Å². The van der Waals surface area contributed by atoms with Crippen LogP contribution in [0.4, 0.5) is 16.2 Å². The lowest BCUT2D eigenvalue weighted by Gasteiger charge is -2.31. The van der Waals surface area contributed by atoms with Gasteiger partial charge in [-0.2, -0.15) is 5.48 Å². The minimum Gasteiger partial charge on any atom is -0.410 e. The molecule has 1 aromatic carbocycles. The molecule has 30 heavy (non-hydrogen) atoms. The number of amides is 1. The SMILES string of the molecule is CO[NH2+]c1cc(C)c(C)cc1/[N+](OC)=C1/C=C(OC(=O)N2CCN(C)CC2)C=CC1. The Labute approximate surface area is 177 Å². The van der Waals surface area contributed by atoms with Crippen molar-refractivity contribution in [2.24, 2.45) is 0 Å². The molecule has 1 aliphatic carbocycles. The molecule has 1 aromatic rings. The first-order valence-corrected chi connectivity index (χ1v) is 10.1. The summed E-state index contributed by atoms with van der Waals surface area (Å²) in [5, 5.41) is 0. The standard InChI is InChI=1S/C22H31N4O4/c1-16-13-20(23-28-4)21(14-17(16)2)26(29-5)18-7-6-8-19(15-18)30-22(27)25-11-9-24(3)10-12-25/h6,8,13-15,23H,7,9-12H2,1-5H3/q+1/p+1/b26-18-. The van der Waals surface area contributed by atoms with Gasteiger partial charge in [0.2, 0.25) is 11.4 Å². The number of hydrogen-bond donors (Lipinski definition) is 1. The number of nitrogens with zero attached hydrogens (tertiary/aromatic N) is 3. The second-order valence-electron chi connectivity index (χ2n) is 7.63. The molecule has 2 N–H and O–H groups in total. The Hall–Kier alpha value is -2.68. The lowest BCUT2D eigenvalue weighted by atomic mass is 10.1. The van der Waals surface area contributed by atoms with E-state index >= 15 is 0 Å². The van der Waals surface area contributed by atoms with Gasteiger partial charge in [-0.25, -0.2) is 9.63 Å². The number of nitrogens with two attached hydrogens (primary N) is 1. The molecule has 1 amide bonds. The van der Waals surface area contributed by atoms with Crippen LogP contribution in [-0.2, 0) is 14.4 Å². The molecule has 8 heteroatoms. The number of carbonyl (C=O) groups is 1. The molecule has 0 saturated carbocycles. The largest absolute Gasteiger partial charge is 0.415 e. The van der Waals surface area contributed by atoms with Crippen LogP contribution in [0.3, 0.4) is 0 Å². The third-order valence-corrected chi connectivity index (χ3v) is 5.43. The van der Waals surface area contributed by atoms with Gasteiger partial charge in [-0.05, 0) is 38.1 Å². The van der Waals surface area contributed by atoms with Gasteiger partial charge < -0.3 is 14.5 Å². The maximum atomic E-state index is 12.5. The van der Waals surface area contributed by atoms with Crippen molar-refractivity contribution in [3.63, 3.8) is 0 Å². The number of ether oxygens (including phenoxy) is 1. The van der Waals surface area contributed by atoms with Crippen LogP contribution in [0.25, 0.3) is 0 Å². The number of likely N-dealkylation sites (N-methyl/N-ethyl adjacent to an activating group) is 1. The highest BCUT2D eigenvalue weighted by Gasteiger charge is 2.28. The molecule has 0 atom stereocenters. The molecule has 0 bridgehead atoms. The molecule has 0 radical (unpaired) electrons. The zero-order chi connectivity index (χ0) is 21.7. The Bertz CT molecular complexity index is 883. The summed E-state index contributed by atoms with van der Waals surface area (Å²) in [5.41, 5.74) is 6.67. The molecule has 0 spiro atoms. The first-order valence-electron chi connectivity index (χ1n) is 10.1. The number of rotatable bonds is 5. The zero-order valence-electron chi connectivity index (χ0n) is 18.5. The van der Waals surface area contributed by atoms with Crippen molar-refractivity contribution < 1.29 is 29.4 Å². The molecule has 8 nitrogen and oxygen atoms in total. The van der Waals surface area contributed by atoms with Crippen LogP contribution < -0.4 is 5.48 Å². The van der Waals surface area contributed by atoms with E-state index in [4.69, 9.17) is 14.4 Å². The van der Waals surface area contributed by atoms with Gasteiger partial charge in [0.25, 0.3) is 0 Å². The number of aryl methyl sites for hydroxylation is 2. The molecule has 2 aliphatic rings. The van der Waals surface area contributed by atoms with E-state index < -0.39 is 0 Å². The summed E-state index contributed by atoms with van der Waals surface area (Å²) in [7, 11) is 5.31. The topological polar surface area (TPSA) is 70.9 Å². The van der Waals surface area contributed by atoms with E-state index in [1.165, 1.54) is 5.56 Å². The van der Waals surface area contributed by atoms with Crippen LogP contribution >= 0.6 is 0 Å². The minimum atomic E-state index is -0.316. The summed E-state index contributed by atoms with van der Waals surface area (Å²) in [4.78, 5) is 27.5. The average Bonchev–Trinajstić information content (AvgIpc) is 2.73. The zero-order valence-corrected chi connectivity index (χ0v) is 18.5. The molecule has 162 valence electrons. The predicted octanol–water partition coefficient (Wildman–Crippen LogP) is 1.93. The fraction of sp³-hybridized carbons (Fsp3) is 0.455. The van der Waals surface area contributed by atoms with Gasteiger partial charge in [0.05, 0.1) is 19.6 Å². The Balaban J connectivity index is 1.87. The Morgan fingerprint density at radius 2 is 1.80 bits per heavy atom. The van der Waals surface area contributed by atoms with Gasteiger partial charge in [0, 0.05) is 43.1 Å². The number of piperazine rings is 1. The smallest absolute Gasteiger partial charge is 0.410 e. The highest BCUT2D eigenvalue weighted by atomic mass is 16.7. The van der Waals surface area contributed by atoms with E-state index in [9.17, 15) is 4.79 Å². The number of carbonyl (C=O) groups excluding carboxylic acids is 1. The molecular formula is C22H32N4O4+2. The maximum Gasteiger partial charge on any atom is 0.415 e. The van der Waals surface area contributed by atoms with Gasteiger partial charge >= 0.3 is 11.8 Å². The maximum absolute atomic E-state index is 12.5. The summed E-state index contributed by atoms with van der Waals surface area (Å²) in [6, 6.07) is 4.14. The normalized spacial score (nSPS) is 18.8. The third-order valence-electron chi connectivity index (χ3n) is 5.43. The quantitative estimate of drug-likeness (QED) is 0.451. The van der Waals surface area contributed by atoms with Gasteiger partial charge in [-0.15, -0.1) is 0 Å². The van der Waals surface area contributed by atoms with Gasteiger partial charge in [0.1, 0.15) is 12.9 Å². The second kappa shape index (κ2) is 9.88. The monoisotopic (exact) mass is 416 g/mol. The van der Waals surface area contributed by atoms with Crippen molar-refractivity contribution in [3.8, 4) is 0 Å². The lowest BCUT2D eigenvalue weighted by molar-refractivity contribution is -0.835. The van der Waals surface area contributed by atoms with E-state index in [0.29, 0.717) is 25.3 Å². The van der Waals surface area contributed by atoms with Crippen molar-refractivity contribution in [2.45, 2.75) is 20.3 Å². The number of benzene rings is 1. The van der Waals surface area contributed by atoms with E-state index in [1.807, 2.05) is 18.2 Å². The number of quaternary nitrogens is 1. The van der Waals surface area contributed by atoms with Crippen LogP contribution in [0, 0.1) is 13.8 Å². The predicted molar refractivity (Wildman–Crippen MR) is 114 cm³/mol. The van der Waals surface area contributed by atoms with Gasteiger partial charge in [-0.1, -0.05) is 6.08 Å². The van der Waals surface area contributed by atoms with E-state index in [1.54, 1.807) is 29.3 Å². The third kappa shape index (κ3) is 5.08. The van der Waals surface area contributed by atoms with E-state index in [-0.39, 0.29) is 6.09 Å². The summed E-state index contributed by atoms with van der Waals surface area (Å²) in [6.45, 7) is 7.18.